The van der Waals surface area contributed by atoms with Crippen molar-refractivity contribution >= 4 is 0 Å². The number of piperazine rings is 1. The SMILES string of the molecule is CCCNC(CN1CCN(C(C)(C)C)CC1)C(C)CC. The molecular formula is C17H37N3. The Labute approximate surface area is 127 Å². The first-order chi connectivity index (χ1) is 9.38. The molecule has 1 aliphatic rings. The van der Waals surface area contributed by atoms with Crippen LogP contribution in [0.3, 0.4) is 0 Å². The van der Waals surface area contributed by atoms with Gasteiger partial charge in [-0.25, -0.2) is 0 Å². The highest BCUT2D eigenvalue weighted by Gasteiger charge is 2.27. The molecule has 1 N–H and O–H groups in total. The molecule has 0 radical (unpaired) electrons. The van der Waals surface area contributed by atoms with Crippen LogP contribution in [0.15, 0.2) is 0 Å². The Kier molecular flexibility index (Phi) is 7.49. The molecule has 0 saturated carbocycles. The highest BCUT2D eigenvalue weighted by Crippen LogP contribution is 2.17. The third-order valence-corrected chi connectivity index (χ3v) is 4.76. The molecule has 120 valence electrons. The van der Waals surface area contributed by atoms with Gasteiger partial charge in [-0.1, -0.05) is 27.2 Å². The van der Waals surface area contributed by atoms with Crippen LogP contribution in [0.2, 0.25) is 0 Å². The maximum Gasteiger partial charge on any atom is 0.0220 e. The Bertz CT molecular complexity index is 251. The monoisotopic (exact) mass is 283 g/mol. The van der Waals surface area contributed by atoms with Crippen LogP contribution in [0, 0.1) is 5.92 Å². The average Bonchev–Trinajstić information content (AvgIpc) is 2.42. The van der Waals surface area contributed by atoms with Crippen molar-refractivity contribution in [1.82, 2.24) is 15.1 Å². The van der Waals surface area contributed by atoms with E-state index in [1.54, 1.807) is 0 Å². The molecule has 2 unspecified atom stereocenters. The van der Waals surface area contributed by atoms with Crippen molar-refractivity contribution in [2.24, 2.45) is 5.92 Å². The van der Waals surface area contributed by atoms with Gasteiger partial charge in [-0.05, 0) is 39.7 Å². The zero-order valence-electron chi connectivity index (χ0n) is 14.7. The molecule has 1 rings (SSSR count). The van der Waals surface area contributed by atoms with Gasteiger partial charge < -0.3 is 5.32 Å². The molecule has 3 heteroatoms. The molecule has 20 heavy (non-hydrogen) atoms. The van der Waals surface area contributed by atoms with Crippen LogP contribution in [0.25, 0.3) is 0 Å². The number of nitrogens with one attached hydrogen (secondary N) is 1. The second-order valence-electron chi connectivity index (χ2n) is 7.40. The highest BCUT2D eigenvalue weighted by atomic mass is 15.3. The van der Waals surface area contributed by atoms with Crippen molar-refractivity contribution in [2.45, 2.75) is 66.0 Å². The summed E-state index contributed by atoms with van der Waals surface area (Å²) in [5.74, 6) is 0.766. The minimum Gasteiger partial charge on any atom is -0.312 e. The van der Waals surface area contributed by atoms with E-state index in [1.807, 2.05) is 0 Å². The lowest BCUT2D eigenvalue weighted by Gasteiger charge is -2.43. The summed E-state index contributed by atoms with van der Waals surface area (Å²) in [5, 5.41) is 3.75. The zero-order chi connectivity index (χ0) is 15.2. The Morgan fingerprint density at radius 2 is 1.65 bits per heavy atom. The van der Waals surface area contributed by atoms with E-state index < -0.39 is 0 Å². The smallest absolute Gasteiger partial charge is 0.0220 e. The van der Waals surface area contributed by atoms with Gasteiger partial charge in [0.15, 0.2) is 0 Å². The number of nitrogens with zero attached hydrogens (tertiary/aromatic N) is 2. The fourth-order valence-corrected chi connectivity index (χ4v) is 2.94. The first-order valence-corrected chi connectivity index (χ1v) is 8.59. The topological polar surface area (TPSA) is 18.5 Å². The Morgan fingerprint density at radius 1 is 1.05 bits per heavy atom. The first kappa shape index (κ1) is 17.9. The van der Waals surface area contributed by atoms with Crippen LogP contribution in [0.5, 0.6) is 0 Å². The third-order valence-electron chi connectivity index (χ3n) is 4.76. The average molecular weight is 284 g/mol. The molecule has 1 fully saturated rings. The first-order valence-electron chi connectivity index (χ1n) is 8.59. The summed E-state index contributed by atoms with van der Waals surface area (Å²) in [5.41, 5.74) is 0.322. The molecular weight excluding hydrogens is 246 g/mol. The lowest BCUT2D eigenvalue weighted by molar-refractivity contribution is 0.0547. The van der Waals surface area contributed by atoms with Gasteiger partial charge in [0.25, 0.3) is 0 Å². The minimum atomic E-state index is 0.322. The summed E-state index contributed by atoms with van der Waals surface area (Å²) in [6.07, 6.45) is 2.49. The van der Waals surface area contributed by atoms with Crippen molar-refractivity contribution in [1.29, 1.82) is 0 Å². The summed E-state index contributed by atoms with van der Waals surface area (Å²) in [6, 6.07) is 0.654. The van der Waals surface area contributed by atoms with Crippen LogP contribution in [0.1, 0.15) is 54.4 Å². The Morgan fingerprint density at radius 3 is 2.10 bits per heavy atom. The standard InChI is InChI=1S/C17H37N3/c1-7-9-18-16(15(3)8-2)14-19-10-12-20(13-11-19)17(4,5)6/h15-16,18H,7-14H2,1-6H3. The van der Waals surface area contributed by atoms with Gasteiger partial charge in [-0.3, -0.25) is 9.80 Å². The summed E-state index contributed by atoms with van der Waals surface area (Å²) in [4.78, 5) is 5.27. The third kappa shape index (κ3) is 5.71. The van der Waals surface area contributed by atoms with E-state index in [0.717, 1.165) is 12.5 Å². The van der Waals surface area contributed by atoms with Gasteiger partial charge >= 0.3 is 0 Å². The van der Waals surface area contributed by atoms with Crippen molar-refractivity contribution in [3.8, 4) is 0 Å². The van der Waals surface area contributed by atoms with Gasteiger partial charge in [0.05, 0.1) is 0 Å². The van der Waals surface area contributed by atoms with Crippen LogP contribution >= 0.6 is 0 Å². The van der Waals surface area contributed by atoms with Crippen molar-refractivity contribution < 1.29 is 0 Å². The highest BCUT2D eigenvalue weighted by molar-refractivity contribution is 4.84. The molecule has 3 nitrogen and oxygen atoms in total. The fourth-order valence-electron chi connectivity index (χ4n) is 2.94. The number of hydrogen-bond donors (Lipinski definition) is 1. The van der Waals surface area contributed by atoms with Gasteiger partial charge in [-0.15, -0.1) is 0 Å². The number of rotatable bonds is 7. The van der Waals surface area contributed by atoms with Gasteiger partial charge in [0.1, 0.15) is 0 Å². The molecule has 2 atom stereocenters. The van der Waals surface area contributed by atoms with Crippen LogP contribution < -0.4 is 5.32 Å². The molecule has 0 spiro atoms. The van der Waals surface area contributed by atoms with E-state index in [1.165, 1.54) is 45.6 Å². The van der Waals surface area contributed by atoms with Crippen LogP contribution in [-0.2, 0) is 0 Å². The van der Waals surface area contributed by atoms with Crippen molar-refractivity contribution in [2.75, 3.05) is 39.3 Å². The second kappa shape index (κ2) is 8.35. The maximum absolute atomic E-state index is 3.75. The quantitative estimate of drug-likeness (QED) is 0.775. The molecule has 0 aromatic carbocycles. The number of hydrogen-bond acceptors (Lipinski definition) is 3. The van der Waals surface area contributed by atoms with E-state index in [9.17, 15) is 0 Å². The molecule has 1 saturated heterocycles. The van der Waals surface area contributed by atoms with E-state index in [-0.39, 0.29) is 0 Å². The molecule has 0 bridgehead atoms. The Balaban J connectivity index is 2.42. The Hall–Kier alpha value is -0.120. The summed E-state index contributed by atoms with van der Waals surface area (Å²) in [7, 11) is 0. The van der Waals surface area contributed by atoms with E-state index in [2.05, 4.69) is 56.7 Å². The van der Waals surface area contributed by atoms with Crippen LogP contribution in [-0.4, -0.2) is 60.6 Å². The summed E-state index contributed by atoms with van der Waals surface area (Å²) < 4.78 is 0. The predicted molar refractivity (Wildman–Crippen MR) is 89.3 cm³/mol. The molecule has 0 aromatic heterocycles. The predicted octanol–water partition coefficient (Wildman–Crippen LogP) is 2.82. The van der Waals surface area contributed by atoms with Gasteiger partial charge in [0, 0.05) is 44.3 Å². The van der Waals surface area contributed by atoms with E-state index in [0.29, 0.717) is 11.6 Å². The zero-order valence-corrected chi connectivity index (χ0v) is 14.7. The van der Waals surface area contributed by atoms with Crippen molar-refractivity contribution in [3.63, 3.8) is 0 Å². The molecule has 0 aliphatic carbocycles. The van der Waals surface area contributed by atoms with Gasteiger partial charge in [-0.2, -0.15) is 0 Å². The molecule has 0 amide bonds. The second-order valence-corrected chi connectivity index (χ2v) is 7.40. The normalized spacial score (nSPS) is 21.9. The summed E-state index contributed by atoms with van der Waals surface area (Å²) in [6.45, 7) is 21.2. The lowest BCUT2D eigenvalue weighted by atomic mass is 9.98. The fraction of sp³-hybridized carbons (Fsp3) is 1.00. The van der Waals surface area contributed by atoms with Gasteiger partial charge in [0.2, 0.25) is 0 Å². The largest absolute Gasteiger partial charge is 0.312 e. The molecule has 1 aliphatic heterocycles. The minimum absolute atomic E-state index is 0.322. The summed E-state index contributed by atoms with van der Waals surface area (Å²) >= 11 is 0. The lowest BCUT2D eigenvalue weighted by Crippen LogP contribution is -2.56. The maximum atomic E-state index is 3.75. The van der Waals surface area contributed by atoms with E-state index >= 15 is 0 Å². The van der Waals surface area contributed by atoms with Crippen LogP contribution in [0.4, 0.5) is 0 Å². The molecule has 0 aromatic rings. The molecule has 1 heterocycles. The van der Waals surface area contributed by atoms with Crippen molar-refractivity contribution in [3.05, 3.63) is 0 Å². The van der Waals surface area contributed by atoms with E-state index in [4.69, 9.17) is 0 Å².